The summed E-state index contributed by atoms with van der Waals surface area (Å²) in [5, 5.41) is 27.5. The number of ketones is 1. The Kier molecular flexibility index (Phi) is 18.6. The van der Waals surface area contributed by atoms with Crippen molar-refractivity contribution in [2.24, 2.45) is 5.92 Å². The van der Waals surface area contributed by atoms with E-state index in [9.17, 15) is 15.0 Å². The highest BCUT2D eigenvalue weighted by atomic mass is 16.4. The molecule has 0 aromatic heterocycles. The Bertz CT molecular complexity index is 324. The molecule has 0 bridgehead atoms. The lowest BCUT2D eigenvalue weighted by atomic mass is 9.90. The van der Waals surface area contributed by atoms with Gasteiger partial charge < -0.3 is 15.3 Å². The lowest BCUT2D eigenvalue weighted by Crippen LogP contribution is -2.36. The Labute approximate surface area is 167 Å². The van der Waals surface area contributed by atoms with Crippen LogP contribution in [0.3, 0.4) is 0 Å². The van der Waals surface area contributed by atoms with Crippen molar-refractivity contribution in [3.05, 3.63) is 0 Å². The molecular formula is C23H46O4. The Morgan fingerprint density at radius 2 is 1.15 bits per heavy atom. The summed E-state index contributed by atoms with van der Waals surface area (Å²) >= 11 is 0. The second kappa shape index (κ2) is 18.9. The topological polar surface area (TPSA) is 77.8 Å². The standard InChI is InChI=1S/C23H46O4/c1-3-5-15-20(16-6-4-2)17-13-11-9-7-8-10-12-14-18-21(25)23(27)22(26)19-24/h20,22-24,26-27H,3-19H2,1-2H3. The highest BCUT2D eigenvalue weighted by Gasteiger charge is 2.22. The van der Waals surface area contributed by atoms with Gasteiger partial charge in [-0.25, -0.2) is 0 Å². The number of unbranched alkanes of at least 4 members (excludes halogenated alkanes) is 9. The van der Waals surface area contributed by atoms with Gasteiger partial charge in [-0.2, -0.15) is 0 Å². The largest absolute Gasteiger partial charge is 0.394 e. The maximum Gasteiger partial charge on any atom is 0.164 e. The molecule has 0 saturated carbocycles. The fourth-order valence-electron chi connectivity index (χ4n) is 3.67. The average molecular weight is 387 g/mol. The molecule has 162 valence electrons. The van der Waals surface area contributed by atoms with E-state index in [1.807, 2.05) is 0 Å². The Balaban J connectivity index is 3.54. The molecule has 4 heteroatoms. The van der Waals surface area contributed by atoms with E-state index in [1.54, 1.807) is 0 Å². The second-order valence-electron chi connectivity index (χ2n) is 8.18. The van der Waals surface area contributed by atoms with E-state index >= 15 is 0 Å². The summed E-state index contributed by atoms with van der Waals surface area (Å²) in [6.07, 6.45) is 16.5. The molecule has 0 aliphatic heterocycles. The molecule has 0 fully saturated rings. The summed E-state index contributed by atoms with van der Waals surface area (Å²) in [6.45, 7) is 3.99. The predicted molar refractivity (Wildman–Crippen MR) is 113 cm³/mol. The Hall–Kier alpha value is -0.450. The van der Waals surface area contributed by atoms with E-state index in [0.717, 1.165) is 25.2 Å². The van der Waals surface area contributed by atoms with Gasteiger partial charge in [0.15, 0.2) is 5.78 Å². The van der Waals surface area contributed by atoms with Crippen molar-refractivity contribution < 1.29 is 20.1 Å². The van der Waals surface area contributed by atoms with Crippen LogP contribution in [0.4, 0.5) is 0 Å². The van der Waals surface area contributed by atoms with Crippen molar-refractivity contribution in [1.82, 2.24) is 0 Å². The minimum atomic E-state index is -1.44. The molecule has 4 nitrogen and oxygen atoms in total. The van der Waals surface area contributed by atoms with Crippen LogP contribution in [0.15, 0.2) is 0 Å². The third-order valence-electron chi connectivity index (χ3n) is 5.60. The van der Waals surface area contributed by atoms with Crippen LogP contribution in [0.5, 0.6) is 0 Å². The summed E-state index contributed by atoms with van der Waals surface area (Å²) in [4.78, 5) is 11.6. The molecule has 27 heavy (non-hydrogen) atoms. The van der Waals surface area contributed by atoms with Gasteiger partial charge in [-0.1, -0.05) is 104 Å². The zero-order chi connectivity index (χ0) is 20.3. The summed E-state index contributed by atoms with van der Waals surface area (Å²) in [7, 11) is 0. The Morgan fingerprint density at radius 3 is 1.63 bits per heavy atom. The normalized spacial score (nSPS) is 13.9. The molecule has 0 aromatic rings. The lowest BCUT2D eigenvalue weighted by Gasteiger charge is -2.16. The van der Waals surface area contributed by atoms with Gasteiger partial charge in [-0.3, -0.25) is 4.79 Å². The van der Waals surface area contributed by atoms with Crippen molar-refractivity contribution in [1.29, 1.82) is 0 Å². The number of hydrogen-bond donors (Lipinski definition) is 3. The van der Waals surface area contributed by atoms with Gasteiger partial charge in [-0.05, 0) is 12.3 Å². The smallest absolute Gasteiger partial charge is 0.164 e. The summed E-state index contributed by atoms with van der Waals surface area (Å²) in [5.74, 6) is 0.583. The van der Waals surface area contributed by atoms with Crippen molar-refractivity contribution in [2.75, 3.05) is 6.61 Å². The molecule has 2 atom stereocenters. The van der Waals surface area contributed by atoms with Crippen LogP contribution in [0.25, 0.3) is 0 Å². The summed E-state index contributed by atoms with van der Waals surface area (Å²) in [5.41, 5.74) is 0. The third-order valence-corrected chi connectivity index (χ3v) is 5.60. The number of carbonyl (C=O) groups excluding carboxylic acids is 1. The number of aliphatic hydroxyl groups is 3. The molecule has 0 radical (unpaired) electrons. The van der Waals surface area contributed by atoms with Gasteiger partial charge in [0.05, 0.1) is 6.61 Å². The molecule has 0 rings (SSSR count). The van der Waals surface area contributed by atoms with E-state index in [1.165, 1.54) is 77.0 Å². The van der Waals surface area contributed by atoms with Gasteiger partial charge in [0, 0.05) is 6.42 Å². The molecular weight excluding hydrogens is 340 g/mol. The zero-order valence-electron chi connectivity index (χ0n) is 18.0. The highest BCUT2D eigenvalue weighted by Crippen LogP contribution is 2.23. The maximum absolute atomic E-state index is 11.6. The predicted octanol–water partition coefficient (Wildman–Crippen LogP) is 5.17. The first kappa shape index (κ1) is 26.6. The highest BCUT2D eigenvalue weighted by molar-refractivity contribution is 5.83. The molecule has 0 aliphatic rings. The second-order valence-corrected chi connectivity index (χ2v) is 8.18. The van der Waals surface area contributed by atoms with Crippen molar-refractivity contribution in [3.8, 4) is 0 Å². The van der Waals surface area contributed by atoms with Crippen LogP contribution in [-0.4, -0.2) is 39.9 Å². The fourth-order valence-corrected chi connectivity index (χ4v) is 3.67. The van der Waals surface area contributed by atoms with Gasteiger partial charge in [0.1, 0.15) is 12.2 Å². The molecule has 0 heterocycles. The third kappa shape index (κ3) is 15.2. The van der Waals surface area contributed by atoms with Gasteiger partial charge in [-0.15, -0.1) is 0 Å². The monoisotopic (exact) mass is 386 g/mol. The Morgan fingerprint density at radius 1 is 0.704 bits per heavy atom. The van der Waals surface area contributed by atoms with E-state index < -0.39 is 18.8 Å². The number of rotatable bonds is 20. The first-order valence-corrected chi connectivity index (χ1v) is 11.6. The van der Waals surface area contributed by atoms with E-state index in [2.05, 4.69) is 13.8 Å². The molecule has 3 N–H and O–H groups in total. The first-order valence-electron chi connectivity index (χ1n) is 11.6. The van der Waals surface area contributed by atoms with Crippen LogP contribution in [0, 0.1) is 5.92 Å². The maximum atomic E-state index is 11.6. The zero-order valence-corrected chi connectivity index (χ0v) is 18.0. The minimum absolute atomic E-state index is 0.287. The van der Waals surface area contributed by atoms with Crippen molar-refractivity contribution in [2.45, 2.75) is 129 Å². The quantitative estimate of drug-likeness (QED) is 0.252. The minimum Gasteiger partial charge on any atom is -0.394 e. The first-order chi connectivity index (χ1) is 13.1. The molecule has 0 aliphatic carbocycles. The van der Waals surface area contributed by atoms with Crippen LogP contribution in [-0.2, 0) is 4.79 Å². The molecule has 0 spiro atoms. The summed E-state index contributed by atoms with van der Waals surface area (Å²) < 4.78 is 0. The van der Waals surface area contributed by atoms with Crippen LogP contribution in [0.1, 0.15) is 117 Å². The number of carbonyl (C=O) groups is 1. The van der Waals surface area contributed by atoms with Gasteiger partial charge in [0.2, 0.25) is 0 Å². The number of Topliss-reactive ketones (excluding diaryl/α,β-unsaturated/α-hetero) is 1. The van der Waals surface area contributed by atoms with Gasteiger partial charge in [0.25, 0.3) is 0 Å². The van der Waals surface area contributed by atoms with Crippen LogP contribution < -0.4 is 0 Å². The van der Waals surface area contributed by atoms with Gasteiger partial charge >= 0.3 is 0 Å². The van der Waals surface area contributed by atoms with Crippen molar-refractivity contribution in [3.63, 3.8) is 0 Å². The number of aliphatic hydroxyl groups excluding tert-OH is 3. The SMILES string of the molecule is CCCCC(CCCC)CCCCCCCCCCC(=O)C(O)C(O)CO. The molecule has 0 saturated heterocycles. The molecule has 0 aromatic carbocycles. The molecule has 0 amide bonds. The number of hydrogen-bond acceptors (Lipinski definition) is 4. The van der Waals surface area contributed by atoms with E-state index in [4.69, 9.17) is 5.11 Å². The lowest BCUT2D eigenvalue weighted by molar-refractivity contribution is -0.134. The molecule has 2 unspecified atom stereocenters. The van der Waals surface area contributed by atoms with Crippen LogP contribution >= 0.6 is 0 Å². The summed E-state index contributed by atoms with van der Waals surface area (Å²) in [6, 6.07) is 0. The van der Waals surface area contributed by atoms with Crippen molar-refractivity contribution >= 4 is 5.78 Å². The van der Waals surface area contributed by atoms with E-state index in [-0.39, 0.29) is 12.2 Å². The van der Waals surface area contributed by atoms with E-state index in [0.29, 0.717) is 0 Å². The average Bonchev–Trinajstić information content (AvgIpc) is 2.69. The van der Waals surface area contributed by atoms with Crippen LogP contribution in [0.2, 0.25) is 0 Å². The fraction of sp³-hybridized carbons (Fsp3) is 0.957.